The predicted octanol–water partition coefficient (Wildman–Crippen LogP) is 1.70. The molecule has 1 saturated heterocycles. The second-order valence-electron chi connectivity index (χ2n) is 5.00. The topological polar surface area (TPSA) is 32.7 Å². The molecular weight excluding hydrogens is 226 g/mol. The van der Waals surface area contributed by atoms with Crippen LogP contribution in [0.4, 0.5) is 0 Å². The molecule has 18 heavy (non-hydrogen) atoms. The summed E-state index contributed by atoms with van der Waals surface area (Å²) in [6.07, 6.45) is 1.82. The van der Waals surface area contributed by atoms with Gasteiger partial charge in [-0.3, -0.25) is 4.90 Å². The minimum atomic E-state index is -0.208. The Balaban J connectivity index is 1.83. The van der Waals surface area contributed by atoms with Crippen LogP contribution >= 0.6 is 0 Å². The lowest BCUT2D eigenvalue weighted by Gasteiger charge is -2.34. The van der Waals surface area contributed by atoms with E-state index in [2.05, 4.69) is 29.2 Å². The minimum Gasteiger partial charge on any atom is -0.392 e. The van der Waals surface area contributed by atoms with Gasteiger partial charge in [-0.05, 0) is 18.4 Å². The Morgan fingerprint density at radius 1 is 1.39 bits per heavy atom. The first-order valence-corrected chi connectivity index (χ1v) is 6.84. The largest absolute Gasteiger partial charge is 0.392 e. The second kappa shape index (κ2) is 6.88. The summed E-state index contributed by atoms with van der Waals surface area (Å²) < 4.78 is 5.80. The van der Waals surface area contributed by atoms with Gasteiger partial charge in [0.1, 0.15) is 0 Å². The van der Waals surface area contributed by atoms with E-state index in [1.165, 1.54) is 5.56 Å². The number of hydrogen-bond donors (Lipinski definition) is 1. The van der Waals surface area contributed by atoms with E-state index in [9.17, 15) is 5.11 Å². The lowest BCUT2D eigenvalue weighted by molar-refractivity contribution is -0.0399. The van der Waals surface area contributed by atoms with Crippen LogP contribution < -0.4 is 0 Å². The molecule has 3 heteroatoms. The molecule has 0 aliphatic carbocycles. The SMILES string of the molecule is CCC(O)CN1CCOC(Cc2ccccc2)C1. The summed E-state index contributed by atoms with van der Waals surface area (Å²) in [5.41, 5.74) is 1.32. The fourth-order valence-corrected chi connectivity index (χ4v) is 2.37. The molecule has 2 rings (SSSR count). The van der Waals surface area contributed by atoms with E-state index >= 15 is 0 Å². The third-order valence-corrected chi connectivity index (χ3v) is 3.47. The molecule has 1 heterocycles. The van der Waals surface area contributed by atoms with Crippen LogP contribution in [0, 0.1) is 0 Å². The highest BCUT2D eigenvalue weighted by molar-refractivity contribution is 5.15. The molecule has 0 spiro atoms. The molecule has 2 unspecified atom stereocenters. The fraction of sp³-hybridized carbons (Fsp3) is 0.600. The summed E-state index contributed by atoms with van der Waals surface area (Å²) in [5, 5.41) is 9.70. The van der Waals surface area contributed by atoms with Crippen molar-refractivity contribution in [3.63, 3.8) is 0 Å². The Hall–Kier alpha value is -0.900. The van der Waals surface area contributed by atoms with E-state index < -0.39 is 0 Å². The number of benzene rings is 1. The highest BCUT2D eigenvalue weighted by atomic mass is 16.5. The maximum Gasteiger partial charge on any atom is 0.0742 e. The number of nitrogens with zero attached hydrogens (tertiary/aromatic N) is 1. The molecule has 2 atom stereocenters. The maximum atomic E-state index is 9.70. The monoisotopic (exact) mass is 249 g/mol. The van der Waals surface area contributed by atoms with Crippen molar-refractivity contribution in [2.75, 3.05) is 26.2 Å². The molecule has 0 amide bonds. The quantitative estimate of drug-likeness (QED) is 0.862. The Labute approximate surface area is 109 Å². The van der Waals surface area contributed by atoms with E-state index in [1.54, 1.807) is 0 Å². The van der Waals surface area contributed by atoms with Crippen molar-refractivity contribution < 1.29 is 9.84 Å². The number of rotatable bonds is 5. The number of hydrogen-bond acceptors (Lipinski definition) is 3. The molecule has 1 aliphatic heterocycles. The zero-order valence-electron chi connectivity index (χ0n) is 11.1. The Kier molecular flexibility index (Phi) is 5.17. The van der Waals surface area contributed by atoms with E-state index in [0.717, 1.165) is 39.1 Å². The molecule has 100 valence electrons. The van der Waals surface area contributed by atoms with E-state index in [-0.39, 0.29) is 12.2 Å². The number of β-amino-alcohol motifs (C(OH)–C–C–N with tert-alkyl or cyclic N) is 1. The van der Waals surface area contributed by atoms with E-state index in [1.807, 2.05) is 13.0 Å². The van der Waals surface area contributed by atoms with Crippen LogP contribution in [-0.4, -0.2) is 48.5 Å². The third-order valence-electron chi connectivity index (χ3n) is 3.47. The molecule has 0 bridgehead atoms. The first-order valence-electron chi connectivity index (χ1n) is 6.84. The summed E-state index contributed by atoms with van der Waals surface area (Å²) in [4.78, 5) is 2.31. The summed E-state index contributed by atoms with van der Waals surface area (Å²) in [6.45, 7) is 5.42. The molecular formula is C15H23NO2. The Bertz CT molecular complexity index is 342. The van der Waals surface area contributed by atoms with Gasteiger partial charge in [0, 0.05) is 19.6 Å². The highest BCUT2D eigenvalue weighted by Crippen LogP contribution is 2.12. The highest BCUT2D eigenvalue weighted by Gasteiger charge is 2.21. The van der Waals surface area contributed by atoms with Gasteiger partial charge >= 0.3 is 0 Å². The van der Waals surface area contributed by atoms with Crippen molar-refractivity contribution >= 4 is 0 Å². The molecule has 1 aromatic rings. The van der Waals surface area contributed by atoms with Crippen LogP contribution in [-0.2, 0) is 11.2 Å². The summed E-state index contributed by atoms with van der Waals surface area (Å²) in [7, 11) is 0. The number of morpholine rings is 1. The average Bonchev–Trinajstić information content (AvgIpc) is 2.40. The number of aliphatic hydroxyl groups is 1. The summed E-state index contributed by atoms with van der Waals surface area (Å²) in [6, 6.07) is 10.5. The van der Waals surface area contributed by atoms with Gasteiger partial charge in [0.15, 0.2) is 0 Å². The van der Waals surface area contributed by atoms with Crippen LogP contribution in [0.15, 0.2) is 30.3 Å². The summed E-state index contributed by atoms with van der Waals surface area (Å²) >= 11 is 0. The molecule has 0 aromatic heterocycles. The molecule has 3 nitrogen and oxygen atoms in total. The second-order valence-corrected chi connectivity index (χ2v) is 5.00. The van der Waals surface area contributed by atoms with Crippen LogP contribution in [0.3, 0.4) is 0 Å². The van der Waals surface area contributed by atoms with Gasteiger partial charge in [-0.2, -0.15) is 0 Å². The van der Waals surface area contributed by atoms with Gasteiger partial charge in [0.25, 0.3) is 0 Å². The molecule has 0 saturated carbocycles. The lowest BCUT2D eigenvalue weighted by atomic mass is 10.1. The molecule has 1 fully saturated rings. The van der Waals surface area contributed by atoms with E-state index in [0.29, 0.717) is 0 Å². The zero-order chi connectivity index (χ0) is 12.8. The van der Waals surface area contributed by atoms with Gasteiger partial charge in [0.05, 0.1) is 18.8 Å². The van der Waals surface area contributed by atoms with Crippen LogP contribution in [0.1, 0.15) is 18.9 Å². The Morgan fingerprint density at radius 3 is 2.89 bits per heavy atom. The van der Waals surface area contributed by atoms with Crippen molar-refractivity contribution in [2.24, 2.45) is 0 Å². The number of ether oxygens (including phenoxy) is 1. The van der Waals surface area contributed by atoms with Gasteiger partial charge in [-0.25, -0.2) is 0 Å². The van der Waals surface area contributed by atoms with Gasteiger partial charge in [-0.1, -0.05) is 37.3 Å². The third kappa shape index (κ3) is 4.09. The fourth-order valence-electron chi connectivity index (χ4n) is 2.37. The van der Waals surface area contributed by atoms with Crippen molar-refractivity contribution in [1.82, 2.24) is 4.90 Å². The van der Waals surface area contributed by atoms with Crippen LogP contribution in [0.2, 0.25) is 0 Å². The van der Waals surface area contributed by atoms with Crippen LogP contribution in [0.5, 0.6) is 0 Å². The molecule has 1 aliphatic rings. The lowest BCUT2D eigenvalue weighted by Crippen LogP contribution is -2.46. The van der Waals surface area contributed by atoms with Gasteiger partial charge in [-0.15, -0.1) is 0 Å². The first-order chi connectivity index (χ1) is 8.78. The maximum absolute atomic E-state index is 9.70. The minimum absolute atomic E-state index is 0.208. The summed E-state index contributed by atoms with van der Waals surface area (Å²) in [5.74, 6) is 0. The standard InChI is InChI=1S/C15H23NO2/c1-2-14(17)11-16-8-9-18-15(12-16)10-13-6-4-3-5-7-13/h3-7,14-15,17H,2,8-12H2,1H3. The van der Waals surface area contributed by atoms with Gasteiger partial charge < -0.3 is 9.84 Å². The normalized spacial score (nSPS) is 22.9. The average molecular weight is 249 g/mol. The predicted molar refractivity (Wildman–Crippen MR) is 72.6 cm³/mol. The zero-order valence-corrected chi connectivity index (χ0v) is 11.1. The van der Waals surface area contributed by atoms with E-state index in [4.69, 9.17) is 4.74 Å². The van der Waals surface area contributed by atoms with Crippen LogP contribution in [0.25, 0.3) is 0 Å². The Morgan fingerprint density at radius 2 is 2.17 bits per heavy atom. The van der Waals surface area contributed by atoms with Crippen molar-refractivity contribution in [3.8, 4) is 0 Å². The number of aliphatic hydroxyl groups excluding tert-OH is 1. The van der Waals surface area contributed by atoms with Crippen molar-refractivity contribution in [3.05, 3.63) is 35.9 Å². The first kappa shape index (κ1) is 13.5. The van der Waals surface area contributed by atoms with Crippen molar-refractivity contribution in [1.29, 1.82) is 0 Å². The molecule has 1 aromatic carbocycles. The molecule has 1 N–H and O–H groups in total. The van der Waals surface area contributed by atoms with Crippen molar-refractivity contribution in [2.45, 2.75) is 32.0 Å². The van der Waals surface area contributed by atoms with Gasteiger partial charge in [0.2, 0.25) is 0 Å². The smallest absolute Gasteiger partial charge is 0.0742 e. The molecule has 0 radical (unpaired) electrons.